The molecular weight excluding hydrogens is 456 g/mol. The topological polar surface area (TPSA) is 107 Å². The number of rotatable bonds is 7. The molecule has 0 atom stereocenters. The number of hydrogen-bond acceptors (Lipinski definition) is 10. The summed E-state index contributed by atoms with van der Waals surface area (Å²) in [5, 5.41) is 12.4. The van der Waals surface area contributed by atoms with Gasteiger partial charge in [-0.1, -0.05) is 0 Å². The van der Waals surface area contributed by atoms with Gasteiger partial charge in [0, 0.05) is 32.3 Å². The lowest BCUT2D eigenvalue weighted by Gasteiger charge is -2.16. The Balaban J connectivity index is 0.00000133. The Hall–Kier alpha value is -3.57. The summed E-state index contributed by atoms with van der Waals surface area (Å²) in [4.78, 5) is 16.3. The van der Waals surface area contributed by atoms with Crippen LogP contribution in [0.4, 0.5) is 17.6 Å². The van der Waals surface area contributed by atoms with Crippen molar-refractivity contribution in [1.29, 1.82) is 0 Å². The van der Waals surface area contributed by atoms with Gasteiger partial charge in [0.25, 0.3) is 0 Å². The molecular formula is C23H28N6O4S. The van der Waals surface area contributed by atoms with Gasteiger partial charge in [0.2, 0.25) is 11.7 Å². The van der Waals surface area contributed by atoms with Crippen LogP contribution in [0.1, 0.15) is 12.8 Å². The Morgan fingerprint density at radius 3 is 2.35 bits per heavy atom. The van der Waals surface area contributed by atoms with E-state index in [9.17, 15) is 0 Å². The predicted molar refractivity (Wildman–Crippen MR) is 134 cm³/mol. The summed E-state index contributed by atoms with van der Waals surface area (Å²) in [6.45, 7) is 1.98. The maximum absolute atomic E-state index is 7.00. The standard InChI is InChI=1S/C22H24N6O3S.CH4O/c1-29-16-10-14(11-17(30-2)19(16)31-3)28-12-18(23-13-28)25-21-20-15(6-9-32-20)24-22(26-21)27-7-4-5-8-27;1-2/h6,9-13H,4-5,7-8H2,1-3H3,(H,24,25,26);2H,1H3. The molecule has 0 bridgehead atoms. The summed E-state index contributed by atoms with van der Waals surface area (Å²) in [5.74, 6) is 3.92. The maximum Gasteiger partial charge on any atom is 0.227 e. The van der Waals surface area contributed by atoms with E-state index in [-0.39, 0.29) is 0 Å². The van der Waals surface area contributed by atoms with Gasteiger partial charge in [-0.25, -0.2) is 9.97 Å². The van der Waals surface area contributed by atoms with E-state index < -0.39 is 0 Å². The third-order valence-corrected chi connectivity index (χ3v) is 6.37. The number of imidazole rings is 1. The summed E-state index contributed by atoms with van der Waals surface area (Å²) >= 11 is 1.61. The SMILES string of the molecule is CO.COc1cc(-n2cnc(Nc3nc(N4CCCC4)nc4ccsc34)c2)cc(OC)c1OC. The highest BCUT2D eigenvalue weighted by molar-refractivity contribution is 7.17. The van der Waals surface area contributed by atoms with Crippen LogP contribution in [0, 0.1) is 0 Å². The number of anilines is 3. The van der Waals surface area contributed by atoms with Crippen LogP contribution < -0.4 is 24.4 Å². The quantitative estimate of drug-likeness (QED) is 0.404. The molecule has 0 saturated carbocycles. The van der Waals surface area contributed by atoms with E-state index in [4.69, 9.17) is 29.3 Å². The molecule has 0 spiro atoms. The van der Waals surface area contributed by atoms with E-state index in [2.05, 4.69) is 15.2 Å². The van der Waals surface area contributed by atoms with E-state index in [1.165, 1.54) is 12.8 Å². The van der Waals surface area contributed by atoms with Crippen molar-refractivity contribution in [2.75, 3.05) is 51.7 Å². The molecule has 0 radical (unpaired) electrons. The summed E-state index contributed by atoms with van der Waals surface area (Å²) in [5.41, 5.74) is 1.78. The molecule has 180 valence electrons. The van der Waals surface area contributed by atoms with Gasteiger partial charge < -0.3 is 34.1 Å². The van der Waals surface area contributed by atoms with Crippen molar-refractivity contribution in [1.82, 2.24) is 19.5 Å². The zero-order chi connectivity index (χ0) is 24.1. The van der Waals surface area contributed by atoms with Gasteiger partial charge in [-0.3, -0.25) is 0 Å². The molecule has 4 aromatic rings. The van der Waals surface area contributed by atoms with Crippen LogP contribution in [0.15, 0.2) is 36.1 Å². The summed E-state index contributed by atoms with van der Waals surface area (Å²) in [6, 6.07) is 5.78. The minimum atomic E-state index is 0.549. The smallest absolute Gasteiger partial charge is 0.227 e. The number of nitrogens with one attached hydrogen (secondary N) is 1. The molecule has 11 heteroatoms. The van der Waals surface area contributed by atoms with E-state index in [0.717, 1.165) is 47.9 Å². The number of aromatic nitrogens is 4. The molecule has 1 saturated heterocycles. The van der Waals surface area contributed by atoms with E-state index in [1.54, 1.807) is 39.0 Å². The van der Waals surface area contributed by atoms with Crippen LogP contribution in [-0.4, -0.2) is 66.2 Å². The molecule has 5 rings (SSSR count). The number of nitrogens with zero attached hydrogens (tertiary/aromatic N) is 5. The Labute approximate surface area is 201 Å². The van der Waals surface area contributed by atoms with Crippen molar-refractivity contribution in [3.8, 4) is 22.9 Å². The van der Waals surface area contributed by atoms with Crippen molar-refractivity contribution in [3.63, 3.8) is 0 Å². The highest BCUT2D eigenvalue weighted by Crippen LogP contribution is 2.39. The average Bonchev–Trinajstić information content (AvgIpc) is 3.66. The highest BCUT2D eigenvalue weighted by atomic mass is 32.1. The van der Waals surface area contributed by atoms with Crippen LogP contribution in [0.3, 0.4) is 0 Å². The van der Waals surface area contributed by atoms with Crippen molar-refractivity contribution in [2.24, 2.45) is 0 Å². The number of aliphatic hydroxyl groups excluding tert-OH is 1. The van der Waals surface area contributed by atoms with Crippen LogP contribution in [0.25, 0.3) is 15.9 Å². The van der Waals surface area contributed by atoms with Crippen molar-refractivity contribution >= 4 is 39.1 Å². The number of aliphatic hydroxyl groups is 1. The first kappa shape index (κ1) is 23.6. The van der Waals surface area contributed by atoms with Gasteiger partial charge in [0.05, 0.1) is 43.4 Å². The van der Waals surface area contributed by atoms with Gasteiger partial charge in [0.15, 0.2) is 17.3 Å². The van der Waals surface area contributed by atoms with Crippen molar-refractivity contribution < 1.29 is 19.3 Å². The summed E-state index contributed by atoms with van der Waals surface area (Å²) < 4.78 is 19.3. The normalized spacial score (nSPS) is 12.9. The lowest BCUT2D eigenvalue weighted by Crippen LogP contribution is -2.20. The predicted octanol–water partition coefficient (Wildman–Crippen LogP) is 3.86. The van der Waals surface area contributed by atoms with Gasteiger partial charge in [-0.05, 0) is 24.3 Å². The number of thiophene rings is 1. The molecule has 0 aliphatic carbocycles. The molecule has 0 unspecified atom stereocenters. The second-order valence-electron chi connectivity index (χ2n) is 7.38. The van der Waals surface area contributed by atoms with E-state index in [1.807, 2.05) is 34.3 Å². The lowest BCUT2D eigenvalue weighted by atomic mass is 10.2. The zero-order valence-electron chi connectivity index (χ0n) is 19.6. The molecule has 1 aliphatic rings. The Morgan fingerprint density at radius 2 is 1.71 bits per heavy atom. The van der Waals surface area contributed by atoms with Gasteiger partial charge >= 0.3 is 0 Å². The Morgan fingerprint density at radius 1 is 1.00 bits per heavy atom. The fraction of sp³-hybridized carbons (Fsp3) is 0.348. The monoisotopic (exact) mass is 484 g/mol. The first-order valence-electron chi connectivity index (χ1n) is 10.8. The van der Waals surface area contributed by atoms with Gasteiger partial charge in [0.1, 0.15) is 12.1 Å². The largest absolute Gasteiger partial charge is 0.493 e. The zero-order valence-corrected chi connectivity index (χ0v) is 20.4. The van der Waals surface area contributed by atoms with Crippen LogP contribution >= 0.6 is 11.3 Å². The molecule has 2 N–H and O–H groups in total. The van der Waals surface area contributed by atoms with Crippen LogP contribution in [-0.2, 0) is 0 Å². The number of hydrogen-bond donors (Lipinski definition) is 2. The maximum atomic E-state index is 7.00. The number of methoxy groups -OCH3 is 3. The van der Waals surface area contributed by atoms with Gasteiger partial charge in [-0.15, -0.1) is 11.3 Å². The lowest BCUT2D eigenvalue weighted by molar-refractivity contribution is 0.324. The minimum Gasteiger partial charge on any atom is -0.493 e. The molecule has 0 amide bonds. The van der Waals surface area contributed by atoms with Gasteiger partial charge in [-0.2, -0.15) is 4.98 Å². The first-order valence-corrected chi connectivity index (χ1v) is 11.6. The fourth-order valence-electron chi connectivity index (χ4n) is 3.86. The minimum absolute atomic E-state index is 0.549. The number of fused-ring (bicyclic) bond motifs is 1. The second kappa shape index (κ2) is 10.6. The third-order valence-electron chi connectivity index (χ3n) is 5.46. The van der Waals surface area contributed by atoms with Crippen molar-refractivity contribution in [2.45, 2.75) is 12.8 Å². The molecule has 4 heterocycles. The van der Waals surface area contributed by atoms with Crippen LogP contribution in [0.5, 0.6) is 17.2 Å². The fourth-order valence-corrected chi connectivity index (χ4v) is 4.64. The van der Waals surface area contributed by atoms with E-state index in [0.29, 0.717) is 23.1 Å². The van der Waals surface area contributed by atoms with Crippen LogP contribution in [0.2, 0.25) is 0 Å². The first-order chi connectivity index (χ1) is 16.7. The molecule has 34 heavy (non-hydrogen) atoms. The molecule has 1 aromatic carbocycles. The average molecular weight is 485 g/mol. The highest BCUT2D eigenvalue weighted by Gasteiger charge is 2.19. The molecule has 10 nitrogen and oxygen atoms in total. The Kier molecular flexibility index (Phi) is 7.33. The molecule has 1 fully saturated rings. The third kappa shape index (κ3) is 4.57. The number of ether oxygens (including phenoxy) is 3. The Bertz CT molecular complexity index is 1230. The molecule has 3 aromatic heterocycles. The van der Waals surface area contributed by atoms with Crippen molar-refractivity contribution in [3.05, 3.63) is 36.1 Å². The molecule has 1 aliphatic heterocycles. The number of benzene rings is 1. The second-order valence-corrected chi connectivity index (χ2v) is 8.29. The summed E-state index contributed by atoms with van der Waals surface area (Å²) in [7, 11) is 5.78. The summed E-state index contributed by atoms with van der Waals surface area (Å²) in [6.07, 6.45) is 5.98. The van der Waals surface area contributed by atoms with E-state index >= 15 is 0 Å².